The summed E-state index contributed by atoms with van der Waals surface area (Å²) in [5.41, 5.74) is 11.7. The van der Waals surface area contributed by atoms with E-state index < -0.39 is 0 Å². The molecule has 0 N–H and O–H groups in total. The van der Waals surface area contributed by atoms with Gasteiger partial charge < -0.3 is 9.47 Å². The van der Waals surface area contributed by atoms with Crippen molar-refractivity contribution in [1.82, 2.24) is 4.57 Å². The number of nitrogens with zero attached hydrogens (tertiary/aromatic N) is 2. The Morgan fingerprint density at radius 3 is 1.56 bits per heavy atom. The van der Waals surface area contributed by atoms with Crippen LogP contribution in [0.4, 0.5) is 17.1 Å². The third kappa shape index (κ3) is 4.96. The molecule has 2 nitrogen and oxygen atoms in total. The molecule has 0 unspecified atom stereocenters. The van der Waals surface area contributed by atoms with Crippen molar-refractivity contribution in [2.75, 3.05) is 4.90 Å². The van der Waals surface area contributed by atoms with Crippen LogP contribution in [0.15, 0.2) is 206 Å². The molecule has 0 radical (unpaired) electrons. The van der Waals surface area contributed by atoms with Gasteiger partial charge in [-0.3, -0.25) is 0 Å². The molecule has 9 aromatic carbocycles. The summed E-state index contributed by atoms with van der Waals surface area (Å²) in [6.45, 7) is 0. The van der Waals surface area contributed by atoms with Crippen molar-refractivity contribution in [2.45, 2.75) is 0 Å². The first kappa shape index (κ1) is 30.0. The number of para-hydroxylation sites is 2. The van der Waals surface area contributed by atoms with Crippen LogP contribution in [0.1, 0.15) is 0 Å². The minimum Gasteiger partial charge on any atom is -0.308 e. The largest absolute Gasteiger partial charge is 0.308 e. The third-order valence-electron chi connectivity index (χ3n) is 10.4. The molecule has 0 saturated heterocycles. The van der Waals surface area contributed by atoms with Crippen molar-refractivity contribution in [1.29, 1.82) is 0 Å². The van der Waals surface area contributed by atoms with Crippen molar-refractivity contribution in [3.8, 4) is 27.9 Å². The van der Waals surface area contributed by atoms with E-state index in [4.69, 9.17) is 0 Å². The maximum absolute atomic E-state index is 2.47. The van der Waals surface area contributed by atoms with Crippen LogP contribution in [0.5, 0.6) is 0 Å². The number of rotatable bonds is 6. The minimum atomic E-state index is 1.10. The van der Waals surface area contributed by atoms with Crippen LogP contribution < -0.4 is 4.90 Å². The minimum absolute atomic E-state index is 1.10. The monoisotopic (exact) mass is 662 g/mol. The van der Waals surface area contributed by atoms with Crippen LogP contribution in [0.25, 0.3) is 71.3 Å². The molecular formula is C50H34N2. The van der Waals surface area contributed by atoms with Gasteiger partial charge in [-0.2, -0.15) is 0 Å². The summed E-state index contributed by atoms with van der Waals surface area (Å²) in [6, 6.07) is 74.7. The fourth-order valence-electron chi connectivity index (χ4n) is 7.95. The second-order valence-electron chi connectivity index (χ2n) is 13.3. The zero-order valence-electron chi connectivity index (χ0n) is 28.5. The van der Waals surface area contributed by atoms with Crippen LogP contribution >= 0.6 is 0 Å². The van der Waals surface area contributed by atoms with Crippen LogP contribution in [0.2, 0.25) is 0 Å². The second-order valence-corrected chi connectivity index (χ2v) is 13.3. The van der Waals surface area contributed by atoms with Gasteiger partial charge in [0, 0.05) is 33.2 Å². The predicted octanol–water partition coefficient (Wildman–Crippen LogP) is 13.9. The topological polar surface area (TPSA) is 8.17 Å². The molecule has 0 aliphatic rings. The van der Waals surface area contributed by atoms with Crippen LogP contribution in [-0.4, -0.2) is 4.57 Å². The van der Waals surface area contributed by atoms with E-state index in [0.29, 0.717) is 0 Å². The number of hydrogen-bond donors (Lipinski definition) is 0. The highest BCUT2D eigenvalue weighted by molar-refractivity contribution is 6.21. The number of anilines is 3. The summed E-state index contributed by atoms with van der Waals surface area (Å²) >= 11 is 0. The zero-order chi connectivity index (χ0) is 34.4. The predicted molar refractivity (Wildman–Crippen MR) is 221 cm³/mol. The average Bonchev–Trinajstić information content (AvgIpc) is 3.58. The average molecular weight is 663 g/mol. The molecule has 0 aliphatic heterocycles. The molecule has 10 rings (SSSR count). The first-order valence-corrected chi connectivity index (χ1v) is 17.9. The van der Waals surface area contributed by atoms with Crippen molar-refractivity contribution in [2.24, 2.45) is 0 Å². The summed E-state index contributed by atoms with van der Waals surface area (Å²) in [7, 11) is 0. The van der Waals surface area contributed by atoms with E-state index in [-0.39, 0.29) is 0 Å². The molecule has 1 heterocycles. The second kappa shape index (κ2) is 12.5. The summed E-state index contributed by atoms with van der Waals surface area (Å²) < 4.78 is 2.47. The third-order valence-corrected chi connectivity index (χ3v) is 10.4. The normalized spacial score (nSPS) is 11.5. The number of benzene rings is 9. The molecule has 244 valence electrons. The van der Waals surface area contributed by atoms with Crippen LogP contribution in [0.3, 0.4) is 0 Å². The number of hydrogen-bond acceptors (Lipinski definition) is 1. The molecule has 0 bridgehead atoms. The zero-order valence-corrected chi connectivity index (χ0v) is 28.5. The van der Waals surface area contributed by atoms with Crippen molar-refractivity contribution >= 4 is 60.4 Å². The van der Waals surface area contributed by atoms with Crippen molar-refractivity contribution < 1.29 is 0 Å². The highest BCUT2D eigenvalue weighted by Gasteiger charge is 2.22. The summed E-state index contributed by atoms with van der Waals surface area (Å²) in [6.07, 6.45) is 0. The van der Waals surface area contributed by atoms with Gasteiger partial charge >= 0.3 is 0 Å². The van der Waals surface area contributed by atoms with E-state index in [9.17, 15) is 0 Å². The number of aromatic nitrogens is 1. The molecule has 0 saturated carbocycles. The van der Waals surface area contributed by atoms with Gasteiger partial charge in [0.2, 0.25) is 0 Å². The molecular weight excluding hydrogens is 629 g/mol. The molecule has 52 heavy (non-hydrogen) atoms. The number of fused-ring (bicyclic) bond motifs is 6. The molecule has 0 fully saturated rings. The SMILES string of the molecule is c1ccc(-c2ccc(N(c3ccc(-c4cccc5ccccc45)cc3)c3cccc4c5ccc6ccccc6c5n(-c5ccccc5)c34)cc2)cc1. The van der Waals surface area contributed by atoms with E-state index in [2.05, 4.69) is 216 Å². The van der Waals surface area contributed by atoms with Crippen LogP contribution in [-0.2, 0) is 0 Å². The van der Waals surface area contributed by atoms with E-state index in [1.807, 2.05) is 0 Å². The smallest absolute Gasteiger partial charge is 0.0782 e. The summed E-state index contributed by atoms with van der Waals surface area (Å²) in [5.74, 6) is 0. The van der Waals surface area contributed by atoms with Crippen LogP contribution in [0, 0.1) is 0 Å². The standard InChI is InChI=1S/C50H34N2/c1-3-13-35(14-4-1)36-25-30-41(31-26-36)51(42-32-27-39(28-33-42)44-22-11-17-37-15-7-9-20-43(37)44)48-24-12-23-46-47-34-29-38-16-8-10-21-45(38)49(47)52(50(46)48)40-18-5-2-6-19-40/h1-34H. The Labute approximate surface area is 303 Å². The Bertz CT molecular complexity index is 2860. The van der Waals surface area contributed by atoms with E-state index >= 15 is 0 Å². The van der Waals surface area contributed by atoms with Gasteiger partial charge in [0.15, 0.2) is 0 Å². The first-order chi connectivity index (χ1) is 25.8. The summed E-state index contributed by atoms with van der Waals surface area (Å²) in [4.78, 5) is 2.42. The van der Waals surface area contributed by atoms with E-state index in [1.54, 1.807) is 0 Å². The summed E-state index contributed by atoms with van der Waals surface area (Å²) in [5, 5.41) is 7.44. The molecule has 10 aromatic rings. The van der Waals surface area contributed by atoms with Gasteiger partial charge in [-0.25, -0.2) is 0 Å². The quantitative estimate of drug-likeness (QED) is 0.172. The Morgan fingerprint density at radius 2 is 0.827 bits per heavy atom. The molecule has 0 atom stereocenters. The lowest BCUT2D eigenvalue weighted by Gasteiger charge is -2.27. The van der Waals surface area contributed by atoms with Crippen molar-refractivity contribution in [3.05, 3.63) is 206 Å². The van der Waals surface area contributed by atoms with Gasteiger partial charge in [0.05, 0.1) is 16.7 Å². The molecule has 0 amide bonds. The van der Waals surface area contributed by atoms with Gasteiger partial charge in [-0.15, -0.1) is 0 Å². The lowest BCUT2D eigenvalue weighted by atomic mass is 9.98. The first-order valence-electron chi connectivity index (χ1n) is 17.9. The lowest BCUT2D eigenvalue weighted by Crippen LogP contribution is -2.11. The van der Waals surface area contributed by atoms with Gasteiger partial charge in [-0.1, -0.05) is 164 Å². The Morgan fingerprint density at radius 1 is 0.308 bits per heavy atom. The lowest BCUT2D eigenvalue weighted by molar-refractivity contribution is 1.17. The van der Waals surface area contributed by atoms with E-state index in [1.165, 1.54) is 65.6 Å². The van der Waals surface area contributed by atoms with Gasteiger partial charge in [0.1, 0.15) is 0 Å². The highest BCUT2D eigenvalue weighted by Crippen LogP contribution is 2.45. The molecule has 1 aromatic heterocycles. The Hall–Kier alpha value is -6.90. The maximum Gasteiger partial charge on any atom is 0.0782 e. The Kier molecular flexibility index (Phi) is 7.18. The van der Waals surface area contributed by atoms with E-state index in [0.717, 1.165) is 22.7 Å². The molecule has 0 spiro atoms. The van der Waals surface area contributed by atoms with Gasteiger partial charge in [-0.05, 0) is 80.9 Å². The molecule has 2 heteroatoms. The highest BCUT2D eigenvalue weighted by atomic mass is 15.2. The molecule has 0 aliphatic carbocycles. The van der Waals surface area contributed by atoms with Gasteiger partial charge in [0.25, 0.3) is 0 Å². The Balaban J connectivity index is 1.23. The fourth-order valence-corrected chi connectivity index (χ4v) is 7.95. The maximum atomic E-state index is 2.47. The van der Waals surface area contributed by atoms with Crippen molar-refractivity contribution in [3.63, 3.8) is 0 Å². The fraction of sp³-hybridized carbons (Fsp3) is 0.